The number of carbonyl (C=O) groups excluding carboxylic acids is 1. The summed E-state index contributed by atoms with van der Waals surface area (Å²) < 4.78 is 5.13. The Bertz CT molecular complexity index is 516. The van der Waals surface area contributed by atoms with E-state index in [1.54, 1.807) is 11.8 Å². The smallest absolute Gasteiger partial charge is 0.272 e. The summed E-state index contributed by atoms with van der Waals surface area (Å²) >= 11 is 0. The lowest BCUT2D eigenvalue weighted by molar-refractivity contribution is -0.119. The van der Waals surface area contributed by atoms with Crippen molar-refractivity contribution in [2.45, 2.75) is 25.8 Å². The van der Waals surface area contributed by atoms with E-state index in [1.807, 2.05) is 0 Å². The highest BCUT2D eigenvalue weighted by Gasteiger charge is 2.36. The van der Waals surface area contributed by atoms with Crippen molar-refractivity contribution in [2.75, 3.05) is 18.1 Å². The zero-order valence-electron chi connectivity index (χ0n) is 9.56. The van der Waals surface area contributed by atoms with E-state index in [2.05, 4.69) is 0 Å². The molecule has 2 rings (SSSR count). The summed E-state index contributed by atoms with van der Waals surface area (Å²) in [5, 5.41) is 0. The van der Waals surface area contributed by atoms with Crippen molar-refractivity contribution >= 4 is 11.6 Å². The van der Waals surface area contributed by atoms with Gasteiger partial charge in [-0.3, -0.25) is 14.4 Å². The van der Waals surface area contributed by atoms with Crippen LogP contribution in [-0.2, 0) is 4.79 Å². The Balaban J connectivity index is 2.34. The molecule has 0 aromatic heterocycles. The fourth-order valence-electron chi connectivity index (χ4n) is 2.23. The molecule has 2 N–H and O–H groups in total. The van der Waals surface area contributed by atoms with Gasteiger partial charge in [-0.1, -0.05) is 0 Å². The van der Waals surface area contributed by atoms with Crippen LogP contribution in [0.15, 0.2) is 9.59 Å². The van der Waals surface area contributed by atoms with Gasteiger partial charge in [-0.15, -0.1) is 0 Å². The van der Waals surface area contributed by atoms with Crippen LogP contribution in [0.2, 0.25) is 0 Å². The van der Waals surface area contributed by atoms with Crippen molar-refractivity contribution in [2.24, 2.45) is 5.73 Å². The maximum Gasteiger partial charge on any atom is 0.272 e. The van der Waals surface area contributed by atoms with Gasteiger partial charge >= 0.3 is 0 Å². The predicted octanol–water partition coefficient (Wildman–Crippen LogP) is -0.865. The first-order valence-corrected chi connectivity index (χ1v) is 5.60. The molecule has 17 heavy (non-hydrogen) atoms. The molecule has 1 heterocycles. The van der Waals surface area contributed by atoms with Gasteiger partial charge in [0.2, 0.25) is 5.91 Å². The highest BCUT2D eigenvalue weighted by Crippen LogP contribution is 2.29. The number of carbonyl (C=O) groups is 1. The summed E-state index contributed by atoms with van der Waals surface area (Å²) in [6, 6.07) is -0.502. The average Bonchev–Trinajstić information content (AvgIpc) is 2.76. The maximum atomic E-state index is 11.5. The zero-order chi connectivity index (χ0) is 12.6. The summed E-state index contributed by atoms with van der Waals surface area (Å²) in [6.07, 6.45) is 1.39. The second kappa shape index (κ2) is 4.20. The van der Waals surface area contributed by atoms with Crippen molar-refractivity contribution in [3.05, 3.63) is 20.4 Å². The van der Waals surface area contributed by atoms with Gasteiger partial charge in [0.1, 0.15) is 11.7 Å². The van der Waals surface area contributed by atoms with Crippen molar-refractivity contribution in [3.8, 4) is 5.75 Å². The van der Waals surface area contributed by atoms with Crippen LogP contribution in [0.25, 0.3) is 0 Å². The molecule has 0 bridgehead atoms. The highest BCUT2D eigenvalue weighted by atomic mass is 16.5. The molecule has 1 saturated heterocycles. The number of amides is 1. The molecule has 1 amide bonds. The van der Waals surface area contributed by atoms with Crippen LogP contribution in [0.1, 0.15) is 19.8 Å². The van der Waals surface area contributed by atoms with E-state index in [0.29, 0.717) is 19.6 Å². The third-order valence-corrected chi connectivity index (χ3v) is 3.00. The number of nitrogens with zero attached hydrogens (tertiary/aromatic N) is 1. The van der Waals surface area contributed by atoms with Crippen LogP contribution in [-0.4, -0.2) is 25.1 Å². The average molecular weight is 238 g/mol. The van der Waals surface area contributed by atoms with Crippen LogP contribution < -0.4 is 26.2 Å². The van der Waals surface area contributed by atoms with Crippen LogP contribution in [0, 0.1) is 0 Å². The Morgan fingerprint density at radius 3 is 2.76 bits per heavy atom. The molecule has 1 fully saturated rings. The van der Waals surface area contributed by atoms with Crippen LogP contribution in [0.4, 0.5) is 5.69 Å². The van der Waals surface area contributed by atoms with E-state index in [1.165, 1.54) is 0 Å². The van der Waals surface area contributed by atoms with Crippen LogP contribution in [0.5, 0.6) is 5.75 Å². The highest BCUT2D eigenvalue weighted by molar-refractivity contribution is 5.85. The van der Waals surface area contributed by atoms with E-state index < -0.39 is 22.8 Å². The van der Waals surface area contributed by atoms with Crippen LogP contribution in [0.3, 0.4) is 0 Å². The first kappa shape index (κ1) is 11.6. The van der Waals surface area contributed by atoms with Gasteiger partial charge in [-0.25, -0.2) is 0 Å². The zero-order valence-corrected chi connectivity index (χ0v) is 9.56. The van der Waals surface area contributed by atoms with Crippen LogP contribution >= 0.6 is 0 Å². The Labute approximate surface area is 97.7 Å². The number of hydrogen-bond donors (Lipinski definition) is 1. The Morgan fingerprint density at radius 2 is 2.18 bits per heavy atom. The van der Waals surface area contributed by atoms with Gasteiger partial charge in [0.05, 0.1) is 6.61 Å². The monoisotopic (exact) mass is 238 g/mol. The summed E-state index contributed by atoms with van der Waals surface area (Å²) in [7, 11) is 0. The van der Waals surface area contributed by atoms with Gasteiger partial charge in [-0.2, -0.15) is 0 Å². The normalized spacial score (nSPS) is 19.8. The predicted molar refractivity (Wildman–Crippen MR) is 62.1 cm³/mol. The molecule has 1 aliphatic rings. The topological polar surface area (TPSA) is 89.7 Å². The lowest BCUT2D eigenvalue weighted by atomic mass is 10.1. The third-order valence-electron chi connectivity index (χ3n) is 3.00. The van der Waals surface area contributed by atoms with E-state index in [-0.39, 0.29) is 11.4 Å². The fraction of sp³-hybridized carbons (Fsp3) is 0.545. The molecule has 1 atom stereocenters. The largest absolute Gasteiger partial charge is 0.488 e. The minimum Gasteiger partial charge on any atom is -0.488 e. The number of rotatable bonds is 4. The standard InChI is InChI=1S/C11H14N2O4/c1-2-17-10-7(8(14)9(10)15)13-5-3-4-6(13)11(12)16/h6H,2-5H2,1H3,(H2,12,16). The molecule has 1 aromatic carbocycles. The quantitative estimate of drug-likeness (QED) is 0.689. The van der Waals surface area contributed by atoms with Crippen molar-refractivity contribution in [3.63, 3.8) is 0 Å². The molecular weight excluding hydrogens is 224 g/mol. The minimum atomic E-state index is -0.614. The van der Waals surface area contributed by atoms with Crippen molar-refractivity contribution in [1.82, 2.24) is 0 Å². The summed E-state index contributed by atoms with van der Waals surface area (Å²) in [5.74, 6) is -0.399. The minimum absolute atomic E-state index is 0.0747. The van der Waals surface area contributed by atoms with E-state index in [9.17, 15) is 14.4 Å². The molecule has 0 radical (unpaired) electrons. The summed E-state index contributed by atoms with van der Waals surface area (Å²) in [5.41, 5.74) is 4.29. The molecule has 92 valence electrons. The van der Waals surface area contributed by atoms with Gasteiger partial charge in [0, 0.05) is 6.54 Å². The summed E-state index contributed by atoms with van der Waals surface area (Å²) in [6.45, 7) is 2.60. The van der Waals surface area contributed by atoms with Crippen molar-refractivity contribution in [1.29, 1.82) is 0 Å². The fourth-order valence-corrected chi connectivity index (χ4v) is 2.23. The molecule has 6 heteroatoms. The molecule has 6 nitrogen and oxygen atoms in total. The molecular formula is C11H14N2O4. The van der Waals surface area contributed by atoms with Crippen molar-refractivity contribution < 1.29 is 9.53 Å². The molecule has 1 aliphatic heterocycles. The number of hydrogen-bond acceptors (Lipinski definition) is 5. The number of nitrogens with two attached hydrogens (primary N) is 1. The number of ether oxygens (including phenoxy) is 1. The van der Waals surface area contributed by atoms with E-state index >= 15 is 0 Å². The van der Waals surface area contributed by atoms with Gasteiger partial charge in [-0.05, 0) is 19.8 Å². The SMILES string of the molecule is CCOc1c(N2CCCC2C(N)=O)c(=O)c1=O. The molecule has 0 spiro atoms. The second-order valence-corrected chi connectivity index (χ2v) is 4.02. The molecule has 1 unspecified atom stereocenters. The Hall–Kier alpha value is -1.85. The molecule has 0 saturated carbocycles. The lowest BCUT2D eigenvalue weighted by Crippen LogP contribution is -2.47. The lowest BCUT2D eigenvalue weighted by Gasteiger charge is -2.26. The second-order valence-electron chi connectivity index (χ2n) is 4.02. The van der Waals surface area contributed by atoms with Gasteiger partial charge in [0.15, 0.2) is 5.75 Å². The molecule has 1 aromatic rings. The third kappa shape index (κ3) is 1.69. The van der Waals surface area contributed by atoms with Gasteiger partial charge < -0.3 is 15.4 Å². The maximum absolute atomic E-state index is 11.5. The van der Waals surface area contributed by atoms with Gasteiger partial charge in [0.25, 0.3) is 10.9 Å². The Kier molecular flexibility index (Phi) is 2.87. The Morgan fingerprint density at radius 1 is 1.47 bits per heavy atom. The first-order chi connectivity index (χ1) is 8.07. The summed E-state index contributed by atoms with van der Waals surface area (Å²) in [4.78, 5) is 35.7. The molecule has 0 aliphatic carbocycles. The first-order valence-electron chi connectivity index (χ1n) is 5.60. The number of primary amides is 1. The van der Waals surface area contributed by atoms with E-state index in [4.69, 9.17) is 10.5 Å². The number of anilines is 1. The van der Waals surface area contributed by atoms with E-state index in [0.717, 1.165) is 6.42 Å².